The van der Waals surface area contributed by atoms with Gasteiger partial charge in [-0.3, -0.25) is 19.7 Å². The van der Waals surface area contributed by atoms with E-state index in [9.17, 15) is 19.7 Å². The van der Waals surface area contributed by atoms with Crippen LogP contribution in [0.2, 0.25) is 5.02 Å². The van der Waals surface area contributed by atoms with E-state index in [1.165, 1.54) is 12.1 Å². The fourth-order valence-electron chi connectivity index (χ4n) is 1.30. The highest BCUT2D eigenvalue weighted by Crippen LogP contribution is 2.27. The highest BCUT2D eigenvalue weighted by molar-refractivity contribution is 6.31. The van der Waals surface area contributed by atoms with E-state index < -0.39 is 22.8 Å². The van der Waals surface area contributed by atoms with Gasteiger partial charge in [0.25, 0.3) is 5.69 Å². The molecule has 0 saturated heterocycles. The van der Waals surface area contributed by atoms with Gasteiger partial charge < -0.3 is 16.8 Å². The number of anilines is 1. The Bertz CT molecular complexity index is 534. The number of amides is 2. The van der Waals surface area contributed by atoms with Gasteiger partial charge in [0.05, 0.1) is 17.4 Å². The number of hydrogen-bond acceptors (Lipinski definition) is 5. The van der Waals surface area contributed by atoms with Crippen molar-refractivity contribution in [1.82, 2.24) is 0 Å². The van der Waals surface area contributed by atoms with Gasteiger partial charge in [-0.25, -0.2) is 0 Å². The molecule has 0 aliphatic rings. The van der Waals surface area contributed by atoms with Crippen LogP contribution in [0.1, 0.15) is 6.42 Å². The Hall–Kier alpha value is -2.19. The van der Waals surface area contributed by atoms with Gasteiger partial charge in [0.15, 0.2) is 0 Å². The molecular formula is C10H11ClN4O4. The lowest BCUT2D eigenvalue weighted by molar-refractivity contribution is -0.383. The van der Waals surface area contributed by atoms with Gasteiger partial charge in [-0.1, -0.05) is 11.6 Å². The topological polar surface area (TPSA) is 141 Å². The van der Waals surface area contributed by atoms with E-state index in [0.29, 0.717) is 0 Å². The molecule has 0 aliphatic carbocycles. The molecule has 0 aromatic heterocycles. The third-order valence-corrected chi connectivity index (χ3v) is 2.41. The molecule has 1 atom stereocenters. The fraction of sp³-hybridized carbons (Fsp3) is 0.200. The normalized spacial score (nSPS) is 11.7. The summed E-state index contributed by atoms with van der Waals surface area (Å²) in [6.07, 6.45) is -0.361. The van der Waals surface area contributed by atoms with Gasteiger partial charge in [-0.2, -0.15) is 0 Å². The largest absolute Gasteiger partial charge is 0.370 e. The molecule has 0 fully saturated rings. The van der Waals surface area contributed by atoms with Crippen molar-refractivity contribution in [3.8, 4) is 0 Å². The Kier molecular flexibility index (Phi) is 4.79. The zero-order valence-electron chi connectivity index (χ0n) is 9.63. The number of carbonyl (C=O) groups excluding carboxylic acids is 2. The van der Waals surface area contributed by atoms with Crippen molar-refractivity contribution in [2.75, 3.05) is 5.32 Å². The zero-order chi connectivity index (χ0) is 14.6. The van der Waals surface area contributed by atoms with Gasteiger partial charge in [0, 0.05) is 11.1 Å². The Morgan fingerprint density at radius 1 is 1.47 bits per heavy atom. The molecule has 0 spiro atoms. The van der Waals surface area contributed by atoms with E-state index >= 15 is 0 Å². The second-order valence-corrected chi connectivity index (χ2v) is 4.12. The first-order chi connectivity index (χ1) is 8.81. The maximum absolute atomic E-state index is 11.6. The average Bonchev–Trinajstić information content (AvgIpc) is 2.27. The summed E-state index contributed by atoms with van der Waals surface area (Å²) < 4.78 is 0. The third-order valence-electron chi connectivity index (χ3n) is 2.17. The van der Waals surface area contributed by atoms with Crippen molar-refractivity contribution in [1.29, 1.82) is 0 Å². The Balaban J connectivity index is 2.92. The lowest BCUT2D eigenvalue weighted by atomic mass is 10.2. The lowest BCUT2D eigenvalue weighted by Crippen LogP contribution is -2.39. The molecule has 0 radical (unpaired) electrons. The molecule has 2 amide bonds. The van der Waals surface area contributed by atoms with E-state index in [0.717, 1.165) is 6.07 Å². The smallest absolute Gasteiger partial charge is 0.292 e. The predicted octanol–water partition coefficient (Wildman–Crippen LogP) is 0.389. The molecule has 0 aliphatic heterocycles. The van der Waals surface area contributed by atoms with E-state index in [-0.39, 0.29) is 22.8 Å². The number of hydrogen-bond donors (Lipinski definition) is 3. The minimum absolute atomic E-state index is 0.0950. The van der Waals surface area contributed by atoms with Crippen molar-refractivity contribution in [2.45, 2.75) is 12.5 Å². The van der Waals surface area contributed by atoms with Crippen molar-refractivity contribution in [2.24, 2.45) is 11.5 Å². The number of benzene rings is 1. The number of nitro benzene ring substituents is 1. The lowest BCUT2D eigenvalue weighted by Gasteiger charge is -2.11. The molecule has 0 saturated carbocycles. The molecule has 0 bridgehead atoms. The second kappa shape index (κ2) is 6.12. The maximum Gasteiger partial charge on any atom is 0.292 e. The Morgan fingerprint density at radius 3 is 2.63 bits per heavy atom. The van der Waals surface area contributed by atoms with Crippen LogP contribution in [0.5, 0.6) is 0 Å². The van der Waals surface area contributed by atoms with Crippen LogP contribution in [0.25, 0.3) is 0 Å². The zero-order valence-corrected chi connectivity index (χ0v) is 10.4. The standard InChI is InChI=1S/C10H11ClN4O4/c11-5-1-2-8(15(18)19)7(3-5)14-10(17)6(12)4-9(13)16/h1-3,6H,4,12H2,(H2,13,16)(H,14,17). The first-order valence-corrected chi connectivity index (χ1v) is 5.47. The van der Waals surface area contributed by atoms with Gasteiger partial charge in [-0.15, -0.1) is 0 Å². The minimum atomic E-state index is -1.18. The van der Waals surface area contributed by atoms with Crippen LogP contribution in [0.3, 0.4) is 0 Å². The number of carbonyl (C=O) groups is 2. The molecule has 102 valence electrons. The summed E-state index contributed by atoms with van der Waals surface area (Å²) in [5.74, 6) is -1.51. The molecule has 0 heterocycles. The molecule has 1 aromatic carbocycles. The Labute approximate surface area is 112 Å². The van der Waals surface area contributed by atoms with E-state index in [2.05, 4.69) is 5.32 Å². The van der Waals surface area contributed by atoms with Crippen molar-refractivity contribution >= 4 is 34.8 Å². The van der Waals surface area contributed by atoms with Crippen LogP contribution < -0.4 is 16.8 Å². The predicted molar refractivity (Wildman–Crippen MR) is 68.5 cm³/mol. The number of nitrogens with two attached hydrogens (primary N) is 2. The second-order valence-electron chi connectivity index (χ2n) is 3.68. The fourth-order valence-corrected chi connectivity index (χ4v) is 1.47. The van der Waals surface area contributed by atoms with Gasteiger partial charge in [-0.05, 0) is 12.1 Å². The molecule has 19 heavy (non-hydrogen) atoms. The van der Waals surface area contributed by atoms with Gasteiger partial charge in [0.1, 0.15) is 5.69 Å². The summed E-state index contributed by atoms with van der Waals surface area (Å²) >= 11 is 5.69. The minimum Gasteiger partial charge on any atom is -0.370 e. The van der Waals surface area contributed by atoms with E-state index in [4.69, 9.17) is 23.1 Å². The first-order valence-electron chi connectivity index (χ1n) is 5.10. The van der Waals surface area contributed by atoms with Crippen LogP contribution in [-0.2, 0) is 9.59 Å². The summed E-state index contributed by atoms with van der Waals surface area (Å²) in [5.41, 5.74) is 9.89. The highest BCUT2D eigenvalue weighted by atomic mass is 35.5. The summed E-state index contributed by atoms with van der Waals surface area (Å²) in [7, 11) is 0. The van der Waals surface area contributed by atoms with Crippen LogP contribution in [-0.4, -0.2) is 22.8 Å². The number of nitrogens with zero attached hydrogens (tertiary/aromatic N) is 1. The van der Waals surface area contributed by atoms with Crippen LogP contribution in [0.4, 0.5) is 11.4 Å². The molecule has 5 N–H and O–H groups in total. The molecule has 9 heteroatoms. The Morgan fingerprint density at radius 2 is 2.11 bits per heavy atom. The number of primary amides is 1. The number of nitro groups is 1. The van der Waals surface area contributed by atoms with E-state index in [1.54, 1.807) is 0 Å². The average molecular weight is 287 g/mol. The van der Waals surface area contributed by atoms with Crippen LogP contribution in [0, 0.1) is 10.1 Å². The maximum atomic E-state index is 11.6. The SMILES string of the molecule is NC(=O)CC(N)C(=O)Nc1cc(Cl)ccc1[N+](=O)[O-]. The van der Waals surface area contributed by atoms with Gasteiger partial charge in [0.2, 0.25) is 11.8 Å². The number of halogens is 1. The van der Waals surface area contributed by atoms with Gasteiger partial charge >= 0.3 is 0 Å². The van der Waals surface area contributed by atoms with Crippen molar-refractivity contribution in [3.63, 3.8) is 0 Å². The summed E-state index contributed by atoms with van der Waals surface area (Å²) in [6, 6.07) is 2.50. The third kappa shape index (κ3) is 4.19. The summed E-state index contributed by atoms with van der Waals surface area (Å²) in [5, 5.41) is 13.2. The van der Waals surface area contributed by atoms with Crippen LogP contribution in [0.15, 0.2) is 18.2 Å². The highest BCUT2D eigenvalue weighted by Gasteiger charge is 2.21. The quantitative estimate of drug-likeness (QED) is 0.530. The van der Waals surface area contributed by atoms with Crippen molar-refractivity contribution in [3.05, 3.63) is 33.3 Å². The summed E-state index contributed by atoms with van der Waals surface area (Å²) in [4.78, 5) is 32.3. The first kappa shape index (κ1) is 14.9. The molecule has 1 unspecified atom stereocenters. The monoisotopic (exact) mass is 286 g/mol. The molecule has 1 aromatic rings. The van der Waals surface area contributed by atoms with Crippen LogP contribution >= 0.6 is 11.6 Å². The van der Waals surface area contributed by atoms with E-state index in [1.807, 2.05) is 0 Å². The number of nitrogens with one attached hydrogen (secondary N) is 1. The molecule has 1 rings (SSSR count). The molecule has 8 nitrogen and oxygen atoms in total. The number of rotatable bonds is 5. The van der Waals surface area contributed by atoms with Crippen molar-refractivity contribution < 1.29 is 14.5 Å². The summed E-state index contributed by atoms with van der Waals surface area (Å²) in [6.45, 7) is 0. The molecular weight excluding hydrogens is 276 g/mol.